The first kappa shape index (κ1) is 16.8. The molecule has 2 aliphatic heterocycles. The van der Waals surface area contributed by atoms with Gasteiger partial charge < -0.3 is 10.1 Å². The van der Waals surface area contributed by atoms with Crippen molar-refractivity contribution < 1.29 is 4.74 Å². The van der Waals surface area contributed by atoms with Crippen molar-refractivity contribution in [1.29, 1.82) is 0 Å². The lowest BCUT2D eigenvalue weighted by atomic mass is 9.73. The first-order valence-electron chi connectivity index (χ1n) is 9.48. The molecular formula is C21H33NO. The van der Waals surface area contributed by atoms with E-state index in [4.69, 9.17) is 4.74 Å². The van der Waals surface area contributed by atoms with Crippen LogP contribution >= 0.6 is 0 Å². The van der Waals surface area contributed by atoms with Crippen molar-refractivity contribution in [3.8, 4) is 0 Å². The molecule has 2 heterocycles. The molecule has 1 fully saturated rings. The molecule has 3 atom stereocenters. The van der Waals surface area contributed by atoms with Crippen molar-refractivity contribution in [3.63, 3.8) is 0 Å². The average molecular weight is 316 g/mol. The van der Waals surface area contributed by atoms with Gasteiger partial charge in [-0.25, -0.2) is 0 Å². The number of rotatable bonds is 3. The Morgan fingerprint density at radius 2 is 1.96 bits per heavy atom. The highest BCUT2D eigenvalue weighted by Crippen LogP contribution is 2.47. The van der Waals surface area contributed by atoms with Gasteiger partial charge in [0.15, 0.2) is 0 Å². The molecule has 0 bridgehead atoms. The van der Waals surface area contributed by atoms with Crippen molar-refractivity contribution in [2.75, 3.05) is 11.9 Å². The Hall–Kier alpha value is -1.02. The molecule has 1 saturated heterocycles. The van der Waals surface area contributed by atoms with Crippen LogP contribution in [0, 0.1) is 11.8 Å². The SMILES string of the molecule is CCC(CC)[C@H]1Nc2ccc(C(C)(C)C)cc2[C@H]2OCCC[C@H]21. The summed E-state index contributed by atoms with van der Waals surface area (Å²) in [4.78, 5) is 0. The number of anilines is 1. The molecule has 0 saturated carbocycles. The molecule has 23 heavy (non-hydrogen) atoms. The van der Waals surface area contributed by atoms with Gasteiger partial charge in [0.2, 0.25) is 0 Å². The van der Waals surface area contributed by atoms with Crippen LogP contribution in [0.4, 0.5) is 5.69 Å². The Morgan fingerprint density at radius 1 is 1.22 bits per heavy atom. The molecule has 128 valence electrons. The Morgan fingerprint density at radius 3 is 2.61 bits per heavy atom. The summed E-state index contributed by atoms with van der Waals surface area (Å²) in [6.07, 6.45) is 5.26. The maximum atomic E-state index is 6.31. The number of hydrogen-bond acceptors (Lipinski definition) is 2. The summed E-state index contributed by atoms with van der Waals surface area (Å²) in [5, 5.41) is 3.90. The lowest BCUT2D eigenvalue weighted by Gasteiger charge is -2.46. The van der Waals surface area contributed by atoms with Crippen molar-refractivity contribution in [1.82, 2.24) is 0 Å². The van der Waals surface area contributed by atoms with Gasteiger partial charge in [0, 0.05) is 29.8 Å². The third-order valence-electron chi connectivity index (χ3n) is 5.93. The van der Waals surface area contributed by atoms with E-state index in [1.807, 2.05) is 0 Å². The highest BCUT2D eigenvalue weighted by atomic mass is 16.5. The van der Waals surface area contributed by atoms with Crippen molar-refractivity contribution in [2.24, 2.45) is 11.8 Å². The Bertz CT molecular complexity index is 541. The van der Waals surface area contributed by atoms with Crippen LogP contribution in [-0.2, 0) is 10.2 Å². The maximum Gasteiger partial charge on any atom is 0.0892 e. The van der Waals surface area contributed by atoms with E-state index in [2.05, 4.69) is 58.1 Å². The van der Waals surface area contributed by atoms with E-state index >= 15 is 0 Å². The highest BCUT2D eigenvalue weighted by Gasteiger charge is 2.41. The van der Waals surface area contributed by atoms with Crippen LogP contribution in [0.2, 0.25) is 0 Å². The number of fused-ring (bicyclic) bond motifs is 3. The average Bonchev–Trinajstić information content (AvgIpc) is 2.54. The predicted octanol–water partition coefficient (Wildman–Crippen LogP) is 5.68. The largest absolute Gasteiger partial charge is 0.381 e. The standard InChI is InChI=1S/C21H33NO/c1-6-14(7-2)19-16-9-8-12-23-20(16)17-13-15(21(3,4)5)10-11-18(17)22-19/h10-11,13-14,16,19-20,22H,6-9,12H2,1-5H3/t16-,19+,20-/m0/s1. The minimum Gasteiger partial charge on any atom is -0.381 e. The third-order valence-corrected chi connectivity index (χ3v) is 5.93. The summed E-state index contributed by atoms with van der Waals surface area (Å²) in [5.41, 5.74) is 4.29. The van der Waals surface area contributed by atoms with E-state index in [0.29, 0.717) is 12.0 Å². The van der Waals surface area contributed by atoms with Crippen LogP contribution in [0.3, 0.4) is 0 Å². The Balaban J connectivity index is 2.00. The number of benzene rings is 1. The van der Waals surface area contributed by atoms with E-state index in [1.165, 1.54) is 42.5 Å². The molecule has 2 heteroatoms. The molecule has 0 aliphatic carbocycles. The van der Waals surface area contributed by atoms with E-state index in [-0.39, 0.29) is 11.5 Å². The van der Waals surface area contributed by atoms with Gasteiger partial charge in [0.05, 0.1) is 6.10 Å². The summed E-state index contributed by atoms with van der Waals surface area (Å²) >= 11 is 0. The van der Waals surface area contributed by atoms with Gasteiger partial charge in [-0.1, -0.05) is 59.6 Å². The maximum absolute atomic E-state index is 6.31. The van der Waals surface area contributed by atoms with Crippen molar-refractivity contribution in [3.05, 3.63) is 29.3 Å². The molecule has 0 spiro atoms. The van der Waals surface area contributed by atoms with Crippen molar-refractivity contribution >= 4 is 5.69 Å². The lowest BCUT2D eigenvalue weighted by molar-refractivity contribution is -0.0444. The van der Waals surface area contributed by atoms with Crippen LogP contribution in [0.25, 0.3) is 0 Å². The minimum absolute atomic E-state index is 0.186. The molecule has 2 nitrogen and oxygen atoms in total. The third kappa shape index (κ3) is 3.15. The first-order valence-corrected chi connectivity index (χ1v) is 9.48. The fourth-order valence-electron chi connectivity index (χ4n) is 4.44. The van der Waals surface area contributed by atoms with E-state index < -0.39 is 0 Å². The van der Waals surface area contributed by atoms with Crippen LogP contribution in [0.5, 0.6) is 0 Å². The summed E-state index contributed by atoms with van der Waals surface area (Å²) in [6, 6.07) is 7.54. The van der Waals surface area contributed by atoms with Gasteiger partial charge >= 0.3 is 0 Å². The molecule has 0 radical (unpaired) electrons. The molecule has 1 aromatic rings. The van der Waals surface area contributed by atoms with Crippen LogP contribution < -0.4 is 5.32 Å². The number of nitrogens with one attached hydrogen (secondary N) is 1. The van der Waals surface area contributed by atoms with Crippen molar-refractivity contribution in [2.45, 2.75) is 77.9 Å². The van der Waals surface area contributed by atoms with Crippen LogP contribution in [0.1, 0.15) is 77.5 Å². The van der Waals surface area contributed by atoms with Crippen LogP contribution in [-0.4, -0.2) is 12.6 Å². The van der Waals surface area contributed by atoms with Gasteiger partial charge in [0.25, 0.3) is 0 Å². The molecule has 3 rings (SSSR count). The van der Waals surface area contributed by atoms with Gasteiger partial charge in [-0.2, -0.15) is 0 Å². The number of ether oxygens (including phenoxy) is 1. The molecule has 1 N–H and O–H groups in total. The van der Waals surface area contributed by atoms with Gasteiger partial charge in [-0.05, 0) is 35.8 Å². The highest BCUT2D eigenvalue weighted by molar-refractivity contribution is 5.58. The zero-order valence-electron chi connectivity index (χ0n) is 15.5. The summed E-state index contributed by atoms with van der Waals surface area (Å²) < 4.78 is 6.31. The number of hydrogen-bond donors (Lipinski definition) is 1. The second kappa shape index (κ2) is 6.47. The van der Waals surface area contributed by atoms with Crippen LogP contribution in [0.15, 0.2) is 18.2 Å². The Kier molecular flexibility index (Phi) is 4.73. The van der Waals surface area contributed by atoms with Gasteiger partial charge in [-0.3, -0.25) is 0 Å². The molecular weight excluding hydrogens is 282 g/mol. The monoisotopic (exact) mass is 315 g/mol. The zero-order valence-corrected chi connectivity index (χ0v) is 15.5. The van der Waals surface area contributed by atoms with E-state index in [0.717, 1.165) is 12.5 Å². The van der Waals surface area contributed by atoms with E-state index in [1.54, 1.807) is 0 Å². The Labute approximate surface area is 142 Å². The van der Waals surface area contributed by atoms with E-state index in [9.17, 15) is 0 Å². The molecule has 0 amide bonds. The fraction of sp³-hybridized carbons (Fsp3) is 0.714. The summed E-state index contributed by atoms with van der Waals surface area (Å²) in [7, 11) is 0. The second-order valence-electron chi connectivity index (χ2n) is 8.40. The summed E-state index contributed by atoms with van der Waals surface area (Å²) in [5.74, 6) is 1.36. The topological polar surface area (TPSA) is 21.3 Å². The second-order valence-corrected chi connectivity index (χ2v) is 8.40. The smallest absolute Gasteiger partial charge is 0.0892 e. The normalized spacial score (nSPS) is 27.3. The summed E-state index contributed by atoms with van der Waals surface area (Å²) in [6.45, 7) is 12.4. The minimum atomic E-state index is 0.186. The molecule has 2 aliphatic rings. The molecule has 1 aromatic carbocycles. The quantitative estimate of drug-likeness (QED) is 0.774. The van der Waals surface area contributed by atoms with Gasteiger partial charge in [-0.15, -0.1) is 0 Å². The molecule has 0 unspecified atom stereocenters. The zero-order chi connectivity index (χ0) is 16.6. The first-order chi connectivity index (χ1) is 11.0. The lowest BCUT2D eigenvalue weighted by Crippen LogP contribution is -2.45. The fourth-order valence-corrected chi connectivity index (χ4v) is 4.44. The molecule has 0 aromatic heterocycles. The predicted molar refractivity (Wildman–Crippen MR) is 98.0 cm³/mol. The van der Waals surface area contributed by atoms with Gasteiger partial charge in [0.1, 0.15) is 0 Å².